The summed E-state index contributed by atoms with van der Waals surface area (Å²) in [5.74, 6) is -0.333. The predicted octanol–water partition coefficient (Wildman–Crippen LogP) is 4.32. The second kappa shape index (κ2) is 6.17. The number of hydrogen-bond acceptors (Lipinski definition) is 3. The molecule has 2 aromatic rings. The van der Waals surface area contributed by atoms with Crippen LogP contribution in [0.3, 0.4) is 0 Å². The number of carbonyl (C=O) groups is 1. The lowest BCUT2D eigenvalue weighted by molar-refractivity contribution is -0.139. The Morgan fingerprint density at radius 3 is 2.04 bits per heavy atom. The Morgan fingerprint density at radius 1 is 1.04 bits per heavy atom. The highest BCUT2D eigenvalue weighted by molar-refractivity contribution is 5.89. The van der Waals surface area contributed by atoms with E-state index in [-0.39, 0.29) is 11.4 Å². The van der Waals surface area contributed by atoms with E-state index in [4.69, 9.17) is 4.74 Å². The topological polar surface area (TPSA) is 38.3 Å². The maximum absolute atomic E-state index is 12.5. The van der Waals surface area contributed by atoms with E-state index in [0.29, 0.717) is 12.3 Å². The Bertz CT molecular complexity index is 824. The van der Waals surface area contributed by atoms with Crippen molar-refractivity contribution in [1.82, 2.24) is 5.32 Å². The van der Waals surface area contributed by atoms with Gasteiger partial charge in [0.25, 0.3) is 0 Å². The monoisotopic (exact) mass is 345 g/mol. The van der Waals surface area contributed by atoms with Gasteiger partial charge in [-0.3, -0.25) is 0 Å². The highest BCUT2D eigenvalue weighted by Gasteiger charge is 2.64. The molecule has 0 radical (unpaired) electrons. The second-order valence-electron chi connectivity index (χ2n) is 6.99. The first-order valence-electron chi connectivity index (χ1n) is 9.11. The lowest BCUT2D eigenvalue weighted by atomic mass is 9.65. The number of rotatable bonds is 4. The van der Waals surface area contributed by atoms with Gasteiger partial charge in [-0.05, 0) is 42.5 Å². The summed E-state index contributed by atoms with van der Waals surface area (Å²) in [5, 5.41) is 3.59. The zero-order valence-corrected chi connectivity index (χ0v) is 15.0. The fourth-order valence-corrected chi connectivity index (χ4v) is 4.29. The van der Waals surface area contributed by atoms with Gasteiger partial charge in [-0.25, -0.2) is 4.79 Å². The molecule has 0 saturated heterocycles. The normalized spacial score (nSPS) is 19.4. The van der Waals surface area contributed by atoms with Crippen LogP contribution in [0.4, 0.5) is 0 Å². The summed E-state index contributed by atoms with van der Waals surface area (Å²) in [6.45, 7) is 6.51. The molecule has 3 nitrogen and oxygen atoms in total. The standard InChI is InChI=1S/C23H23NO2/c1-3-26-21(25)20-16-17(2)22(14-15-22)23(24-20,18-10-6-4-7-11-18)19-12-8-5-9-13-19/h4-13,16,24H,2-3,14-15H2,1H3. The SMILES string of the molecule is C=C1C=C(C(=O)OCC)NC(c2ccccc2)(c2ccccc2)C12CC2. The smallest absolute Gasteiger partial charge is 0.354 e. The molecule has 0 bridgehead atoms. The predicted molar refractivity (Wildman–Crippen MR) is 102 cm³/mol. The van der Waals surface area contributed by atoms with Crippen molar-refractivity contribution in [2.75, 3.05) is 6.61 Å². The van der Waals surface area contributed by atoms with Gasteiger partial charge < -0.3 is 10.1 Å². The van der Waals surface area contributed by atoms with Gasteiger partial charge in [0.1, 0.15) is 5.70 Å². The van der Waals surface area contributed by atoms with E-state index < -0.39 is 5.54 Å². The third-order valence-electron chi connectivity index (χ3n) is 5.63. The summed E-state index contributed by atoms with van der Waals surface area (Å²) in [7, 11) is 0. The largest absolute Gasteiger partial charge is 0.461 e. The van der Waals surface area contributed by atoms with Crippen LogP contribution < -0.4 is 5.32 Å². The number of allylic oxidation sites excluding steroid dienone is 1. The quantitative estimate of drug-likeness (QED) is 0.839. The van der Waals surface area contributed by atoms with E-state index in [1.54, 1.807) is 0 Å². The van der Waals surface area contributed by atoms with Gasteiger partial charge in [-0.15, -0.1) is 0 Å². The molecule has 1 aliphatic carbocycles. The molecule has 1 aliphatic heterocycles. The molecular weight excluding hydrogens is 322 g/mol. The third kappa shape index (κ3) is 2.31. The van der Waals surface area contributed by atoms with Crippen molar-refractivity contribution in [3.63, 3.8) is 0 Å². The van der Waals surface area contributed by atoms with Crippen LogP contribution >= 0.6 is 0 Å². The molecule has 1 fully saturated rings. The minimum absolute atomic E-state index is 0.119. The van der Waals surface area contributed by atoms with Gasteiger partial charge in [0.05, 0.1) is 12.1 Å². The Hall–Kier alpha value is -2.81. The Kier molecular flexibility index (Phi) is 3.95. The number of esters is 1. The minimum Gasteiger partial charge on any atom is -0.461 e. The van der Waals surface area contributed by atoms with Crippen LogP contribution in [-0.4, -0.2) is 12.6 Å². The molecule has 4 rings (SSSR count). The van der Waals surface area contributed by atoms with Crippen molar-refractivity contribution < 1.29 is 9.53 Å². The molecule has 1 spiro atoms. The third-order valence-corrected chi connectivity index (χ3v) is 5.63. The maximum atomic E-state index is 12.5. The second-order valence-corrected chi connectivity index (χ2v) is 6.99. The Labute approximate surface area is 154 Å². The van der Waals surface area contributed by atoms with E-state index in [2.05, 4.69) is 36.2 Å². The number of benzene rings is 2. The molecule has 1 N–H and O–H groups in total. The summed E-state index contributed by atoms with van der Waals surface area (Å²) < 4.78 is 5.27. The molecule has 1 heterocycles. The molecule has 1 saturated carbocycles. The van der Waals surface area contributed by atoms with Crippen LogP contribution in [-0.2, 0) is 15.1 Å². The van der Waals surface area contributed by atoms with E-state index in [1.807, 2.05) is 49.4 Å². The average molecular weight is 345 g/mol. The Morgan fingerprint density at radius 2 is 1.58 bits per heavy atom. The van der Waals surface area contributed by atoms with E-state index in [1.165, 1.54) is 0 Å². The number of ether oxygens (including phenoxy) is 1. The van der Waals surface area contributed by atoms with Crippen molar-refractivity contribution in [1.29, 1.82) is 0 Å². The Balaban J connectivity index is 1.94. The molecule has 2 aromatic carbocycles. The zero-order valence-electron chi connectivity index (χ0n) is 15.0. The molecule has 3 heteroatoms. The first-order valence-corrected chi connectivity index (χ1v) is 9.11. The highest BCUT2D eigenvalue weighted by atomic mass is 16.5. The highest BCUT2D eigenvalue weighted by Crippen LogP contribution is 2.66. The summed E-state index contributed by atoms with van der Waals surface area (Å²) in [4.78, 5) is 12.5. The molecule has 26 heavy (non-hydrogen) atoms. The van der Waals surface area contributed by atoms with Crippen LogP contribution in [0.25, 0.3) is 0 Å². The van der Waals surface area contributed by atoms with E-state index in [0.717, 1.165) is 29.5 Å². The molecule has 0 amide bonds. The summed E-state index contributed by atoms with van der Waals surface area (Å²) in [6.07, 6.45) is 3.94. The van der Waals surface area contributed by atoms with E-state index in [9.17, 15) is 4.79 Å². The maximum Gasteiger partial charge on any atom is 0.354 e. The van der Waals surface area contributed by atoms with Crippen LogP contribution in [0, 0.1) is 5.41 Å². The van der Waals surface area contributed by atoms with Gasteiger partial charge in [-0.1, -0.05) is 67.2 Å². The van der Waals surface area contributed by atoms with Crippen LogP contribution in [0.2, 0.25) is 0 Å². The number of carbonyl (C=O) groups excluding carboxylic acids is 1. The van der Waals surface area contributed by atoms with Gasteiger partial charge in [0.15, 0.2) is 0 Å². The molecule has 132 valence electrons. The van der Waals surface area contributed by atoms with Gasteiger partial charge in [0, 0.05) is 5.41 Å². The lowest BCUT2D eigenvalue weighted by Crippen LogP contribution is -2.54. The van der Waals surface area contributed by atoms with Gasteiger partial charge in [0.2, 0.25) is 0 Å². The van der Waals surface area contributed by atoms with E-state index >= 15 is 0 Å². The number of hydrogen-bond donors (Lipinski definition) is 1. The van der Waals surface area contributed by atoms with Gasteiger partial charge >= 0.3 is 5.97 Å². The fraction of sp³-hybridized carbons (Fsp3) is 0.261. The molecule has 0 atom stereocenters. The minimum atomic E-state index is -0.524. The molecule has 0 aromatic heterocycles. The lowest BCUT2D eigenvalue weighted by Gasteiger charge is -2.47. The molecular formula is C23H23NO2. The molecule has 2 aliphatic rings. The van der Waals surface area contributed by atoms with Crippen molar-refractivity contribution >= 4 is 5.97 Å². The van der Waals surface area contributed by atoms with Crippen LogP contribution in [0.15, 0.2) is 84.6 Å². The average Bonchev–Trinajstić information content (AvgIpc) is 3.48. The zero-order chi connectivity index (χ0) is 18.2. The molecule has 0 unspecified atom stereocenters. The van der Waals surface area contributed by atoms with Crippen molar-refractivity contribution in [2.24, 2.45) is 5.41 Å². The van der Waals surface area contributed by atoms with Crippen molar-refractivity contribution in [3.8, 4) is 0 Å². The van der Waals surface area contributed by atoms with Crippen molar-refractivity contribution in [2.45, 2.75) is 25.3 Å². The van der Waals surface area contributed by atoms with Gasteiger partial charge in [-0.2, -0.15) is 0 Å². The van der Waals surface area contributed by atoms with Crippen LogP contribution in [0.1, 0.15) is 30.9 Å². The summed E-state index contributed by atoms with van der Waals surface area (Å²) >= 11 is 0. The van der Waals surface area contributed by atoms with Crippen molar-refractivity contribution in [3.05, 3.63) is 95.7 Å². The van der Waals surface area contributed by atoms with Crippen LogP contribution in [0.5, 0.6) is 0 Å². The first kappa shape index (κ1) is 16.6. The fourth-order valence-electron chi connectivity index (χ4n) is 4.29. The summed E-state index contributed by atoms with van der Waals surface area (Å²) in [6, 6.07) is 20.7. The summed E-state index contributed by atoms with van der Waals surface area (Å²) in [5.41, 5.74) is 3.10. The first-order chi connectivity index (χ1) is 12.6. The number of nitrogens with one attached hydrogen (secondary N) is 1.